The molecule has 0 aliphatic carbocycles. The molecule has 2 aliphatic heterocycles. The summed E-state index contributed by atoms with van der Waals surface area (Å²) in [5.74, 6) is 0.190. The van der Waals surface area contributed by atoms with Crippen LogP contribution in [0.4, 0.5) is 4.79 Å². The highest BCUT2D eigenvalue weighted by molar-refractivity contribution is 5.88. The van der Waals surface area contributed by atoms with Gasteiger partial charge in [-0.15, -0.1) is 0 Å². The summed E-state index contributed by atoms with van der Waals surface area (Å²) in [7, 11) is 0. The van der Waals surface area contributed by atoms with Gasteiger partial charge in [0.2, 0.25) is 0 Å². The lowest BCUT2D eigenvalue weighted by Crippen LogP contribution is -2.61. The second-order valence-electron chi connectivity index (χ2n) is 5.90. The molecule has 21 heavy (non-hydrogen) atoms. The molecular weight excluding hydrogens is 274 g/mol. The zero-order valence-corrected chi connectivity index (χ0v) is 12.8. The van der Waals surface area contributed by atoms with Crippen LogP contribution in [-0.4, -0.2) is 89.8 Å². The number of nitrogens with zero attached hydrogens (tertiary/aromatic N) is 4. The Morgan fingerprint density at radius 1 is 1.10 bits per heavy atom. The molecule has 3 N–H and O–H groups in total. The maximum atomic E-state index is 12.4. The predicted octanol–water partition coefficient (Wildman–Crippen LogP) is -0.419. The molecule has 2 saturated heterocycles. The van der Waals surface area contributed by atoms with Crippen molar-refractivity contribution in [3.63, 3.8) is 0 Å². The third kappa shape index (κ3) is 3.38. The van der Waals surface area contributed by atoms with Crippen LogP contribution >= 0.6 is 0 Å². The lowest BCUT2D eigenvalue weighted by Gasteiger charge is -2.44. The van der Waals surface area contributed by atoms with Crippen molar-refractivity contribution >= 4 is 11.9 Å². The van der Waals surface area contributed by atoms with E-state index < -0.39 is 5.54 Å². The fourth-order valence-electron chi connectivity index (χ4n) is 2.70. The lowest BCUT2D eigenvalue weighted by atomic mass is 10.0. The van der Waals surface area contributed by atoms with Gasteiger partial charge in [0.1, 0.15) is 0 Å². The van der Waals surface area contributed by atoms with Gasteiger partial charge in [-0.25, -0.2) is 4.79 Å². The maximum absolute atomic E-state index is 12.4. The van der Waals surface area contributed by atoms with E-state index in [2.05, 4.69) is 10.1 Å². The molecule has 0 atom stereocenters. The number of nitrogens with two attached hydrogens (primary N) is 1. The van der Waals surface area contributed by atoms with Crippen molar-refractivity contribution in [2.24, 2.45) is 10.9 Å². The molecular formula is C13H25N5O3. The molecule has 0 aromatic rings. The van der Waals surface area contributed by atoms with Gasteiger partial charge in [-0.2, -0.15) is 0 Å². The van der Waals surface area contributed by atoms with Crippen molar-refractivity contribution in [1.82, 2.24) is 14.7 Å². The Hall–Kier alpha value is -1.54. The smallest absolute Gasteiger partial charge is 0.320 e. The zero-order chi connectivity index (χ0) is 15.5. The summed E-state index contributed by atoms with van der Waals surface area (Å²) in [5.41, 5.74) is 5.24. The van der Waals surface area contributed by atoms with Crippen molar-refractivity contribution in [1.29, 1.82) is 0 Å². The fraction of sp³-hybridized carbons (Fsp3) is 0.846. The number of rotatable bonds is 2. The number of carbonyl (C=O) groups is 1. The Balaban J connectivity index is 1.89. The molecule has 0 radical (unpaired) electrons. The Morgan fingerprint density at radius 2 is 1.62 bits per heavy atom. The summed E-state index contributed by atoms with van der Waals surface area (Å²) < 4.78 is 5.27. The number of amidine groups is 1. The summed E-state index contributed by atoms with van der Waals surface area (Å²) >= 11 is 0. The first-order valence-corrected chi connectivity index (χ1v) is 7.31. The number of ether oxygens (including phenoxy) is 1. The molecule has 0 spiro atoms. The summed E-state index contributed by atoms with van der Waals surface area (Å²) in [6.07, 6.45) is 0. The van der Waals surface area contributed by atoms with E-state index in [0.717, 1.165) is 0 Å². The molecule has 2 fully saturated rings. The second kappa shape index (κ2) is 6.48. The van der Waals surface area contributed by atoms with E-state index in [4.69, 9.17) is 15.7 Å². The summed E-state index contributed by atoms with van der Waals surface area (Å²) in [5, 5.41) is 12.0. The van der Waals surface area contributed by atoms with Crippen molar-refractivity contribution in [2.45, 2.75) is 19.4 Å². The first kappa shape index (κ1) is 15.8. The van der Waals surface area contributed by atoms with Gasteiger partial charge in [-0.1, -0.05) is 5.16 Å². The molecule has 0 saturated carbocycles. The highest BCUT2D eigenvalue weighted by Crippen LogP contribution is 2.18. The SMILES string of the molecule is CC(C)(C(N)=NO)N1CCN(C(=O)N2CCOCC2)CC1. The van der Waals surface area contributed by atoms with Crippen LogP contribution in [0.15, 0.2) is 5.16 Å². The minimum atomic E-state index is -0.511. The van der Waals surface area contributed by atoms with E-state index in [1.165, 1.54) is 0 Å². The van der Waals surface area contributed by atoms with Crippen LogP contribution in [0.3, 0.4) is 0 Å². The third-order valence-corrected chi connectivity index (χ3v) is 4.36. The Labute approximate surface area is 125 Å². The quantitative estimate of drug-likeness (QED) is 0.313. The van der Waals surface area contributed by atoms with Gasteiger partial charge in [-0.3, -0.25) is 4.90 Å². The van der Waals surface area contributed by atoms with Crippen LogP contribution in [0.1, 0.15) is 13.8 Å². The van der Waals surface area contributed by atoms with Crippen molar-refractivity contribution in [3.05, 3.63) is 0 Å². The molecule has 8 nitrogen and oxygen atoms in total. The first-order valence-electron chi connectivity index (χ1n) is 7.31. The molecule has 2 amide bonds. The van der Waals surface area contributed by atoms with Crippen LogP contribution in [0.5, 0.6) is 0 Å². The number of carbonyl (C=O) groups excluding carboxylic acids is 1. The molecule has 120 valence electrons. The Morgan fingerprint density at radius 3 is 2.14 bits per heavy atom. The number of piperazine rings is 1. The molecule has 0 unspecified atom stereocenters. The van der Waals surface area contributed by atoms with Gasteiger partial charge >= 0.3 is 6.03 Å². The van der Waals surface area contributed by atoms with E-state index in [0.29, 0.717) is 52.5 Å². The molecule has 2 rings (SSSR count). The van der Waals surface area contributed by atoms with Crippen LogP contribution in [0, 0.1) is 0 Å². The van der Waals surface area contributed by atoms with E-state index in [1.807, 2.05) is 23.6 Å². The van der Waals surface area contributed by atoms with E-state index in [9.17, 15) is 4.79 Å². The van der Waals surface area contributed by atoms with Gasteiger partial charge in [0.25, 0.3) is 0 Å². The van der Waals surface area contributed by atoms with Crippen LogP contribution in [0.2, 0.25) is 0 Å². The minimum Gasteiger partial charge on any atom is -0.409 e. The van der Waals surface area contributed by atoms with E-state index in [-0.39, 0.29) is 11.9 Å². The largest absolute Gasteiger partial charge is 0.409 e. The van der Waals surface area contributed by atoms with Crippen molar-refractivity contribution < 1.29 is 14.7 Å². The summed E-state index contributed by atoms with van der Waals surface area (Å²) in [6.45, 7) is 9.10. The number of amides is 2. The normalized spacial score (nSPS) is 22.5. The zero-order valence-electron chi connectivity index (χ0n) is 12.8. The molecule has 0 bridgehead atoms. The number of urea groups is 1. The van der Waals surface area contributed by atoms with Gasteiger partial charge in [-0.05, 0) is 13.8 Å². The minimum absolute atomic E-state index is 0.0829. The van der Waals surface area contributed by atoms with Crippen LogP contribution in [-0.2, 0) is 4.74 Å². The van der Waals surface area contributed by atoms with Gasteiger partial charge in [0.15, 0.2) is 5.84 Å². The molecule has 0 aromatic carbocycles. The molecule has 2 aliphatic rings. The lowest BCUT2D eigenvalue weighted by molar-refractivity contribution is 0.0330. The predicted molar refractivity (Wildman–Crippen MR) is 78.4 cm³/mol. The standard InChI is InChI=1S/C13H25N5O3/c1-13(2,11(14)15-20)18-5-3-16(4-6-18)12(19)17-7-9-21-10-8-17/h20H,3-10H2,1-2H3,(H2,14,15). The maximum Gasteiger partial charge on any atom is 0.320 e. The van der Waals surface area contributed by atoms with Gasteiger partial charge in [0, 0.05) is 39.3 Å². The number of oxime groups is 1. The Kier molecular flexibility index (Phi) is 4.89. The number of hydrogen-bond acceptors (Lipinski definition) is 5. The monoisotopic (exact) mass is 299 g/mol. The fourth-order valence-corrected chi connectivity index (χ4v) is 2.70. The third-order valence-electron chi connectivity index (χ3n) is 4.36. The van der Waals surface area contributed by atoms with Crippen LogP contribution in [0.25, 0.3) is 0 Å². The van der Waals surface area contributed by atoms with Crippen molar-refractivity contribution in [2.75, 3.05) is 52.5 Å². The van der Waals surface area contributed by atoms with Crippen LogP contribution < -0.4 is 5.73 Å². The van der Waals surface area contributed by atoms with E-state index >= 15 is 0 Å². The topological polar surface area (TPSA) is 94.6 Å². The van der Waals surface area contributed by atoms with Gasteiger partial charge < -0.3 is 25.5 Å². The molecule has 2 heterocycles. The second-order valence-corrected chi connectivity index (χ2v) is 5.90. The summed E-state index contributed by atoms with van der Waals surface area (Å²) in [6, 6.07) is 0.0829. The average molecular weight is 299 g/mol. The Bertz CT molecular complexity index is 399. The number of morpholine rings is 1. The first-order chi connectivity index (χ1) is 9.96. The summed E-state index contributed by atoms with van der Waals surface area (Å²) in [4.78, 5) is 18.2. The average Bonchev–Trinajstić information content (AvgIpc) is 2.54. The molecule has 0 aromatic heterocycles. The van der Waals surface area contributed by atoms with E-state index in [1.54, 1.807) is 0 Å². The molecule has 8 heteroatoms. The number of hydrogen-bond donors (Lipinski definition) is 2. The van der Waals surface area contributed by atoms with Gasteiger partial charge in [0.05, 0.1) is 18.8 Å². The highest BCUT2D eigenvalue weighted by atomic mass is 16.5. The van der Waals surface area contributed by atoms with Crippen molar-refractivity contribution in [3.8, 4) is 0 Å². The highest BCUT2D eigenvalue weighted by Gasteiger charge is 2.35.